The van der Waals surface area contributed by atoms with Gasteiger partial charge in [-0.2, -0.15) is 5.26 Å². The normalized spacial score (nSPS) is 10.4. The highest BCUT2D eigenvalue weighted by Crippen LogP contribution is 2.25. The SMILES string of the molecule is COc1cccc(F)c1Cn1cc(-c2ccc(C#N)cc2)nc1N. The Kier molecular flexibility index (Phi) is 4.17. The summed E-state index contributed by atoms with van der Waals surface area (Å²) in [5.74, 6) is 0.380. The average molecular weight is 322 g/mol. The number of nitrogens with zero attached hydrogens (tertiary/aromatic N) is 3. The molecule has 0 spiro atoms. The van der Waals surface area contributed by atoms with E-state index in [2.05, 4.69) is 11.1 Å². The maximum absolute atomic E-state index is 14.1. The summed E-state index contributed by atoms with van der Waals surface area (Å²) in [5, 5.41) is 8.85. The van der Waals surface area contributed by atoms with Crippen LogP contribution in [-0.2, 0) is 6.54 Å². The molecule has 3 rings (SSSR count). The second-order valence-electron chi connectivity index (χ2n) is 5.22. The van der Waals surface area contributed by atoms with Gasteiger partial charge in [-0.1, -0.05) is 18.2 Å². The van der Waals surface area contributed by atoms with Crippen LogP contribution in [0.1, 0.15) is 11.1 Å². The number of halogens is 1. The van der Waals surface area contributed by atoms with E-state index in [0.29, 0.717) is 22.6 Å². The van der Waals surface area contributed by atoms with Crippen molar-refractivity contribution < 1.29 is 9.13 Å². The predicted molar refractivity (Wildman–Crippen MR) is 88.8 cm³/mol. The van der Waals surface area contributed by atoms with Gasteiger partial charge in [0.1, 0.15) is 11.6 Å². The summed E-state index contributed by atoms with van der Waals surface area (Å²) < 4.78 is 21.0. The van der Waals surface area contributed by atoms with Gasteiger partial charge in [0.15, 0.2) is 0 Å². The summed E-state index contributed by atoms with van der Waals surface area (Å²) in [6, 6.07) is 13.8. The Bertz CT molecular complexity index is 910. The number of rotatable bonds is 4. The molecule has 6 heteroatoms. The maximum Gasteiger partial charge on any atom is 0.201 e. The van der Waals surface area contributed by atoms with E-state index in [9.17, 15) is 4.39 Å². The molecule has 0 atom stereocenters. The molecule has 0 radical (unpaired) electrons. The lowest BCUT2D eigenvalue weighted by Crippen LogP contribution is -2.06. The second-order valence-corrected chi connectivity index (χ2v) is 5.22. The summed E-state index contributed by atoms with van der Waals surface area (Å²) in [6.07, 6.45) is 1.75. The first-order valence-corrected chi connectivity index (χ1v) is 7.27. The average Bonchev–Trinajstić information content (AvgIpc) is 2.97. The predicted octanol–water partition coefficient (Wildman–Crippen LogP) is 3.20. The molecule has 1 heterocycles. The first kappa shape index (κ1) is 15.6. The minimum Gasteiger partial charge on any atom is -0.496 e. The molecule has 0 aliphatic carbocycles. The summed E-state index contributed by atoms with van der Waals surface area (Å²) in [5.41, 5.74) is 8.44. The van der Waals surface area contributed by atoms with Crippen molar-refractivity contribution in [3.63, 3.8) is 0 Å². The van der Waals surface area contributed by atoms with Crippen molar-refractivity contribution in [3.8, 4) is 23.1 Å². The molecule has 5 nitrogen and oxygen atoms in total. The zero-order valence-corrected chi connectivity index (χ0v) is 13.0. The molecule has 120 valence electrons. The third kappa shape index (κ3) is 2.92. The van der Waals surface area contributed by atoms with Crippen LogP contribution >= 0.6 is 0 Å². The monoisotopic (exact) mass is 322 g/mol. The minimum absolute atomic E-state index is 0.213. The number of imidazole rings is 1. The maximum atomic E-state index is 14.1. The molecule has 0 aliphatic rings. The number of ether oxygens (including phenoxy) is 1. The van der Waals surface area contributed by atoms with Crippen molar-refractivity contribution >= 4 is 5.95 Å². The largest absolute Gasteiger partial charge is 0.496 e. The van der Waals surface area contributed by atoms with E-state index in [1.165, 1.54) is 13.2 Å². The van der Waals surface area contributed by atoms with Gasteiger partial charge < -0.3 is 15.0 Å². The fourth-order valence-corrected chi connectivity index (χ4v) is 2.47. The van der Waals surface area contributed by atoms with Gasteiger partial charge >= 0.3 is 0 Å². The van der Waals surface area contributed by atoms with E-state index in [-0.39, 0.29) is 18.3 Å². The van der Waals surface area contributed by atoms with E-state index in [1.54, 1.807) is 47.2 Å². The Balaban J connectivity index is 1.94. The van der Waals surface area contributed by atoms with Gasteiger partial charge in [-0.25, -0.2) is 9.37 Å². The zero-order valence-electron chi connectivity index (χ0n) is 13.0. The van der Waals surface area contributed by atoms with E-state index in [1.807, 2.05) is 0 Å². The van der Waals surface area contributed by atoms with Crippen molar-refractivity contribution in [2.24, 2.45) is 0 Å². The van der Waals surface area contributed by atoms with Crippen LogP contribution < -0.4 is 10.5 Å². The fraction of sp³-hybridized carbons (Fsp3) is 0.111. The standard InChI is InChI=1S/C18H15FN4O/c1-24-17-4-2-3-15(19)14(17)10-23-11-16(22-18(23)21)13-7-5-12(9-20)6-8-13/h2-8,11H,10H2,1H3,(H2,21,22). The molecule has 0 unspecified atom stereocenters. The van der Waals surface area contributed by atoms with Crippen LogP contribution in [0.25, 0.3) is 11.3 Å². The number of benzene rings is 2. The van der Waals surface area contributed by atoms with Crippen LogP contribution in [0.4, 0.5) is 10.3 Å². The molecule has 2 aromatic carbocycles. The summed E-state index contributed by atoms with van der Waals surface area (Å²) in [7, 11) is 1.50. The van der Waals surface area contributed by atoms with Crippen molar-refractivity contribution in [1.29, 1.82) is 5.26 Å². The molecule has 0 saturated carbocycles. The third-order valence-corrected chi connectivity index (χ3v) is 3.74. The van der Waals surface area contributed by atoms with Crippen LogP contribution in [0.3, 0.4) is 0 Å². The first-order valence-electron chi connectivity index (χ1n) is 7.27. The Morgan fingerprint density at radius 2 is 2.00 bits per heavy atom. The Morgan fingerprint density at radius 3 is 2.67 bits per heavy atom. The Morgan fingerprint density at radius 1 is 1.25 bits per heavy atom. The van der Waals surface area contributed by atoms with Crippen LogP contribution in [-0.4, -0.2) is 16.7 Å². The summed E-state index contributed by atoms with van der Waals surface area (Å²) in [4.78, 5) is 4.31. The Labute approximate surface area is 138 Å². The Hall–Kier alpha value is -3.33. The van der Waals surface area contributed by atoms with E-state index >= 15 is 0 Å². The van der Waals surface area contributed by atoms with Gasteiger partial charge in [-0.3, -0.25) is 0 Å². The number of aromatic nitrogens is 2. The van der Waals surface area contributed by atoms with Gasteiger partial charge in [0.05, 0.1) is 31.0 Å². The number of nitrogens with two attached hydrogens (primary N) is 1. The van der Waals surface area contributed by atoms with Crippen molar-refractivity contribution in [2.45, 2.75) is 6.54 Å². The van der Waals surface area contributed by atoms with Crippen LogP contribution in [0.15, 0.2) is 48.7 Å². The number of methoxy groups -OCH3 is 1. The van der Waals surface area contributed by atoms with Gasteiger partial charge in [-0.15, -0.1) is 0 Å². The fourth-order valence-electron chi connectivity index (χ4n) is 2.47. The smallest absolute Gasteiger partial charge is 0.201 e. The number of nitriles is 1. The molecule has 1 aromatic heterocycles. The van der Waals surface area contributed by atoms with Crippen molar-refractivity contribution in [1.82, 2.24) is 9.55 Å². The number of nitrogen functional groups attached to an aromatic ring is 1. The topological polar surface area (TPSA) is 76.9 Å². The van der Waals surface area contributed by atoms with Crippen molar-refractivity contribution in [2.75, 3.05) is 12.8 Å². The molecule has 0 fully saturated rings. The lowest BCUT2D eigenvalue weighted by molar-refractivity contribution is 0.403. The van der Waals surface area contributed by atoms with E-state index in [4.69, 9.17) is 15.7 Å². The van der Waals surface area contributed by atoms with Gasteiger partial charge in [0.25, 0.3) is 0 Å². The molecule has 0 aliphatic heterocycles. The van der Waals surface area contributed by atoms with Gasteiger partial charge in [0, 0.05) is 17.3 Å². The highest BCUT2D eigenvalue weighted by molar-refractivity contribution is 5.61. The molecule has 0 saturated heterocycles. The minimum atomic E-state index is -0.359. The molecular formula is C18H15FN4O. The summed E-state index contributed by atoms with van der Waals surface area (Å²) >= 11 is 0. The zero-order chi connectivity index (χ0) is 17.1. The van der Waals surface area contributed by atoms with Crippen LogP contribution in [0.2, 0.25) is 0 Å². The molecular weight excluding hydrogens is 307 g/mol. The number of hydrogen-bond acceptors (Lipinski definition) is 4. The van der Waals surface area contributed by atoms with Crippen LogP contribution in [0, 0.1) is 17.1 Å². The first-order chi connectivity index (χ1) is 11.6. The number of anilines is 1. The highest BCUT2D eigenvalue weighted by atomic mass is 19.1. The van der Waals surface area contributed by atoms with Gasteiger partial charge in [-0.05, 0) is 24.3 Å². The molecule has 2 N–H and O–H groups in total. The molecule has 24 heavy (non-hydrogen) atoms. The molecule has 0 amide bonds. The van der Waals surface area contributed by atoms with E-state index < -0.39 is 0 Å². The number of hydrogen-bond donors (Lipinski definition) is 1. The molecule has 3 aromatic rings. The lowest BCUT2D eigenvalue weighted by atomic mass is 10.1. The molecule has 0 bridgehead atoms. The second kappa shape index (κ2) is 6.42. The van der Waals surface area contributed by atoms with Crippen molar-refractivity contribution in [3.05, 3.63) is 65.6 Å². The summed E-state index contributed by atoms with van der Waals surface area (Å²) in [6.45, 7) is 0.213. The quantitative estimate of drug-likeness (QED) is 0.800. The third-order valence-electron chi connectivity index (χ3n) is 3.74. The lowest BCUT2D eigenvalue weighted by Gasteiger charge is -2.10. The highest BCUT2D eigenvalue weighted by Gasteiger charge is 2.13. The van der Waals surface area contributed by atoms with Gasteiger partial charge in [0.2, 0.25) is 5.95 Å². The van der Waals surface area contributed by atoms with E-state index in [0.717, 1.165) is 5.56 Å². The van der Waals surface area contributed by atoms with Crippen LogP contribution in [0.5, 0.6) is 5.75 Å².